The van der Waals surface area contributed by atoms with Crippen LogP contribution in [0.3, 0.4) is 0 Å². The first-order chi connectivity index (χ1) is 7.79. The molecule has 0 bridgehead atoms. The van der Waals surface area contributed by atoms with Crippen LogP contribution in [0.25, 0.3) is 0 Å². The summed E-state index contributed by atoms with van der Waals surface area (Å²) >= 11 is 0. The van der Waals surface area contributed by atoms with E-state index in [1.807, 2.05) is 0 Å². The Morgan fingerprint density at radius 1 is 1.75 bits per heavy atom. The van der Waals surface area contributed by atoms with Gasteiger partial charge in [-0.25, -0.2) is 0 Å². The van der Waals surface area contributed by atoms with Gasteiger partial charge < -0.3 is 9.26 Å². The molecule has 1 aliphatic heterocycles. The molecule has 0 spiro atoms. The predicted octanol–water partition coefficient (Wildman–Crippen LogP) is 0.455. The Labute approximate surface area is 93.6 Å². The van der Waals surface area contributed by atoms with Crippen molar-refractivity contribution >= 4 is 5.97 Å². The molecule has 0 saturated carbocycles. The van der Waals surface area contributed by atoms with Gasteiger partial charge in [0.15, 0.2) is 5.82 Å². The molecule has 0 aliphatic carbocycles. The average molecular weight is 225 g/mol. The van der Waals surface area contributed by atoms with Crippen LogP contribution in [0.15, 0.2) is 10.9 Å². The van der Waals surface area contributed by atoms with E-state index in [0.717, 1.165) is 19.4 Å². The zero-order chi connectivity index (χ0) is 11.4. The molecule has 88 valence electrons. The molecule has 2 heterocycles. The van der Waals surface area contributed by atoms with Crippen LogP contribution in [0.1, 0.15) is 18.7 Å². The Morgan fingerprint density at radius 3 is 3.31 bits per heavy atom. The minimum atomic E-state index is -0.127. The quantitative estimate of drug-likeness (QED) is 0.696. The predicted molar refractivity (Wildman–Crippen MR) is 54.3 cm³/mol. The zero-order valence-electron chi connectivity index (χ0n) is 9.26. The third-order valence-corrected chi connectivity index (χ3v) is 2.81. The number of hydrogen-bond donors (Lipinski definition) is 0. The molecule has 0 N–H and O–H groups in total. The second-order valence-electron chi connectivity index (χ2n) is 3.94. The first kappa shape index (κ1) is 11.1. The van der Waals surface area contributed by atoms with E-state index in [4.69, 9.17) is 4.74 Å². The van der Waals surface area contributed by atoms with Crippen LogP contribution in [-0.4, -0.2) is 41.2 Å². The molecule has 1 fully saturated rings. The zero-order valence-corrected chi connectivity index (χ0v) is 9.26. The van der Waals surface area contributed by atoms with Crippen molar-refractivity contribution in [1.82, 2.24) is 15.0 Å². The number of ether oxygens (including phenoxy) is 1. The van der Waals surface area contributed by atoms with E-state index in [1.54, 1.807) is 0 Å². The standard InChI is InChI=1S/C10H15N3O3/c1-15-10(14)8-3-2-4-13(5-8)6-9-11-7-16-12-9/h7-8H,2-6H2,1H3. The summed E-state index contributed by atoms with van der Waals surface area (Å²) in [6, 6.07) is 0. The van der Waals surface area contributed by atoms with Gasteiger partial charge in [0.25, 0.3) is 0 Å². The number of carbonyl (C=O) groups is 1. The number of aromatic nitrogens is 2. The molecule has 1 aromatic rings. The van der Waals surface area contributed by atoms with Gasteiger partial charge in [-0.05, 0) is 19.4 Å². The highest BCUT2D eigenvalue weighted by Gasteiger charge is 2.26. The van der Waals surface area contributed by atoms with E-state index in [-0.39, 0.29) is 11.9 Å². The summed E-state index contributed by atoms with van der Waals surface area (Å²) in [4.78, 5) is 17.5. The molecule has 1 aromatic heterocycles. The van der Waals surface area contributed by atoms with Gasteiger partial charge in [0, 0.05) is 6.54 Å². The molecule has 6 nitrogen and oxygen atoms in total. The molecule has 16 heavy (non-hydrogen) atoms. The lowest BCUT2D eigenvalue weighted by Crippen LogP contribution is -2.38. The van der Waals surface area contributed by atoms with Crippen molar-refractivity contribution in [1.29, 1.82) is 0 Å². The third kappa shape index (κ3) is 2.57. The maximum absolute atomic E-state index is 11.4. The second-order valence-corrected chi connectivity index (χ2v) is 3.94. The van der Waals surface area contributed by atoms with Gasteiger partial charge in [-0.15, -0.1) is 0 Å². The Hall–Kier alpha value is -1.43. The molecule has 0 aromatic carbocycles. The highest BCUT2D eigenvalue weighted by Crippen LogP contribution is 2.18. The number of rotatable bonds is 3. The minimum Gasteiger partial charge on any atom is -0.469 e. The minimum absolute atomic E-state index is 0.0225. The maximum atomic E-state index is 11.4. The summed E-state index contributed by atoms with van der Waals surface area (Å²) in [5.41, 5.74) is 0. The van der Waals surface area contributed by atoms with Crippen LogP contribution in [0, 0.1) is 5.92 Å². The number of likely N-dealkylation sites (tertiary alicyclic amines) is 1. The van der Waals surface area contributed by atoms with Gasteiger partial charge >= 0.3 is 5.97 Å². The molecule has 6 heteroatoms. The van der Waals surface area contributed by atoms with Crippen molar-refractivity contribution in [2.45, 2.75) is 19.4 Å². The lowest BCUT2D eigenvalue weighted by Gasteiger charge is -2.30. The number of piperidine rings is 1. The summed E-state index contributed by atoms with van der Waals surface area (Å²) in [7, 11) is 1.43. The van der Waals surface area contributed by atoms with Crippen molar-refractivity contribution in [2.75, 3.05) is 20.2 Å². The molecule has 2 rings (SSSR count). The monoisotopic (exact) mass is 225 g/mol. The molecular weight excluding hydrogens is 210 g/mol. The Balaban J connectivity index is 1.89. The molecule has 0 radical (unpaired) electrons. The smallest absolute Gasteiger partial charge is 0.309 e. The lowest BCUT2D eigenvalue weighted by atomic mass is 9.98. The van der Waals surface area contributed by atoms with Crippen LogP contribution in [0.5, 0.6) is 0 Å². The number of hydrogen-bond acceptors (Lipinski definition) is 6. The number of esters is 1. The maximum Gasteiger partial charge on any atom is 0.309 e. The van der Waals surface area contributed by atoms with Gasteiger partial charge in [-0.2, -0.15) is 4.98 Å². The van der Waals surface area contributed by atoms with Crippen molar-refractivity contribution in [2.24, 2.45) is 5.92 Å². The molecule has 1 saturated heterocycles. The highest BCUT2D eigenvalue weighted by molar-refractivity contribution is 5.72. The highest BCUT2D eigenvalue weighted by atomic mass is 16.5. The van der Waals surface area contributed by atoms with Crippen molar-refractivity contribution in [3.63, 3.8) is 0 Å². The number of nitrogens with zero attached hydrogens (tertiary/aromatic N) is 3. The lowest BCUT2D eigenvalue weighted by molar-refractivity contribution is -0.147. The SMILES string of the molecule is COC(=O)C1CCCN(Cc2ncon2)C1. The fourth-order valence-corrected chi connectivity index (χ4v) is 2.02. The summed E-state index contributed by atoms with van der Waals surface area (Å²) in [6.45, 7) is 2.30. The van der Waals surface area contributed by atoms with Crippen LogP contribution in [-0.2, 0) is 16.1 Å². The number of methoxy groups -OCH3 is 1. The van der Waals surface area contributed by atoms with E-state index in [1.165, 1.54) is 13.5 Å². The average Bonchev–Trinajstić information content (AvgIpc) is 2.81. The van der Waals surface area contributed by atoms with Crippen molar-refractivity contribution in [3.05, 3.63) is 12.2 Å². The van der Waals surface area contributed by atoms with Crippen molar-refractivity contribution in [3.8, 4) is 0 Å². The number of carbonyl (C=O) groups excluding carboxylic acids is 1. The third-order valence-electron chi connectivity index (χ3n) is 2.81. The summed E-state index contributed by atoms with van der Waals surface area (Å²) in [5, 5.41) is 3.76. The summed E-state index contributed by atoms with van der Waals surface area (Å²) < 4.78 is 9.43. The van der Waals surface area contributed by atoms with Crippen LogP contribution >= 0.6 is 0 Å². The largest absolute Gasteiger partial charge is 0.469 e. The summed E-state index contributed by atoms with van der Waals surface area (Å²) in [5.74, 6) is 0.508. The van der Waals surface area contributed by atoms with E-state index in [9.17, 15) is 4.79 Å². The van der Waals surface area contributed by atoms with Crippen LogP contribution in [0.4, 0.5) is 0 Å². The van der Waals surface area contributed by atoms with E-state index in [0.29, 0.717) is 18.9 Å². The van der Waals surface area contributed by atoms with E-state index in [2.05, 4.69) is 19.6 Å². The molecule has 1 aliphatic rings. The van der Waals surface area contributed by atoms with Gasteiger partial charge in [0.1, 0.15) is 0 Å². The summed E-state index contributed by atoms with van der Waals surface area (Å²) in [6.07, 6.45) is 3.21. The molecule has 1 atom stereocenters. The molecule has 1 unspecified atom stereocenters. The Bertz CT molecular complexity index is 339. The second kappa shape index (κ2) is 5.07. The van der Waals surface area contributed by atoms with Gasteiger partial charge in [0.05, 0.1) is 19.6 Å². The Kier molecular flexibility index (Phi) is 3.51. The van der Waals surface area contributed by atoms with Crippen LogP contribution in [0.2, 0.25) is 0 Å². The van der Waals surface area contributed by atoms with Crippen molar-refractivity contribution < 1.29 is 14.1 Å². The Morgan fingerprint density at radius 2 is 2.62 bits per heavy atom. The molecular formula is C10H15N3O3. The topological polar surface area (TPSA) is 68.5 Å². The fraction of sp³-hybridized carbons (Fsp3) is 0.700. The van der Waals surface area contributed by atoms with Crippen LogP contribution < -0.4 is 0 Å². The van der Waals surface area contributed by atoms with Gasteiger partial charge in [0.2, 0.25) is 6.39 Å². The normalized spacial score (nSPS) is 21.9. The fourth-order valence-electron chi connectivity index (χ4n) is 2.02. The first-order valence-corrected chi connectivity index (χ1v) is 5.35. The molecule has 0 amide bonds. The van der Waals surface area contributed by atoms with Gasteiger partial charge in [-0.1, -0.05) is 5.16 Å². The van der Waals surface area contributed by atoms with E-state index < -0.39 is 0 Å². The first-order valence-electron chi connectivity index (χ1n) is 5.35. The van der Waals surface area contributed by atoms with Gasteiger partial charge in [-0.3, -0.25) is 9.69 Å². The van der Waals surface area contributed by atoms with E-state index >= 15 is 0 Å².